The van der Waals surface area contributed by atoms with Crippen LogP contribution >= 0.6 is 11.8 Å². The third-order valence-electron chi connectivity index (χ3n) is 1.76. The van der Waals surface area contributed by atoms with Crippen LogP contribution < -0.4 is 0 Å². The molecular weight excluding hydrogens is 191 g/mol. The van der Waals surface area contributed by atoms with E-state index < -0.39 is 5.82 Å². The third kappa shape index (κ3) is 2.38. The van der Waals surface area contributed by atoms with Crippen LogP contribution in [0.1, 0.15) is 6.42 Å². The summed E-state index contributed by atoms with van der Waals surface area (Å²) in [6.07, 6.45) is 3.39. The highest BCUT2D eigenvalue weighted by Crippen LogP contribution is 2.25. The van der Waals surface area contributed by atoms with Gasteiger partial charge in [-0.15, -0.1) is 0 Å². The number of thioether (sulfide) groups is 1. The molecule has 1 aliphatic rings. The van der Waals surface area contributed by atoms with E-state index in [1.807, 2.05) is 0 Å². The van der Waals surface area contributed by atoms with Crippen LogP contribution in [0.2, 0.25) is 0 Å². The fourth-order valence-electron chi connectivity index (χ4n) is 1.12. The van der Waals surface area contributed by atoms with Crippen LogP contribution in [0.25, 0.3) is 0 Å². The summed E-state index contributed by atoms with van der Waals surface area (Å²) in [6.45, 7) is 1.55. The highest BCUT2D eigenvalue weighted by molar-refractivity contribution is 7.99. The molecule has 1 aromatic heterocycles. The summed E-state index contributed by atoms with van der Waals surface area (Å²) in [4.78, 5) is 7.73. The van der Waals surface area contributed by atoms with Gasteiger partial charge < -0.3 is 4.74 Å². The van der Waals surface area contributed by atoms with Crippen LogP contribution in [0.4, 0.5) is 4.39 Å². The molecule has 1 atom stereocenters. The van der Waals surface area contributed by atoms with Gasteiger partial charge in [0.25, 0.3) is 0 Å². The predicted octanol–water partition coefficient (Wildman–Crippen LogP) is 1.50. The number of hydrogen-bond donors (Lipinski definition) is 0. The van der Waals surface area contributed by atoms with E-state index >= 15 is 0 Å². The monoisotopic (exact) mass is 200 g/mol. The zero-order chi connectivity index (χ0) is 9.10. The fourth-order valence-corrected chi connectivity index (χ4v) is 2.02. The van der Waals surface area contributed by atoms with Crippen LogP contribution in [-0.4, -0.2) is 28.4 Å². The largest absolute Gasteiger partial charge is 0.380 e. The lowest BCUT2D eigenvalue weighted by atomic mass is 10.4. The zero-order valence-electron chi connectivity index (χ0n) is 6.94. The van der Waals surface area contributed by atoms with Gasteiger partial charge in [0.05, 0.1) is 19.0 Å². The molecule has 0 aliphatic carbocycles. The summed E-state index contributed by atoms with van der Waals surface area (Å²) in [5.74, 6) is -0.396. The second-order valence-electron chi connectivity index (χ2n) is 2.79. The summed E-state index contributed by atoms with van der Waals surface area (Å²) in [7, 11) is 0. The van der Waals surface area contributed by atoms with Gasteiger partial charge in [0, 0.05) is 11.9 Å². The van der Waals surface area contributed by atoms with E-state index in [4.69, 9.17) is 4.74 Å². The van der Waals surface area contributed by atoms with Gasteiger partial charge in [-0.3, -0.25) is 0 Å². The normalized spacial score (nSPS) is 22.1. The van der Waals surface area contributed by atoms with Gasteiger partial charge in [-0.25, -0.2) is 14.4 Å². The molecule has 2 rings (SSSR count). The molecule has 1 unspecified atom stereocenters. The molecule has 70 valence electrons. The minimum Gasteiger partial charge on any atom is -0.380 e. The topological polar surface area (TPSA) is 35.0 Å². The Bertz CT molecular complexity index is 274. The Morgan fingerprint density at radius 2 is 2.23 bits per heavy atom. The van der Waals surface area contributed by atoms with Gasteiger partial charge in [0.2, 0.25) is 0 Å². The second-order valence-corrected chi connectivity index (χ2v) is 4.05. The second kappa shape index (κ2) is 4.02. The molecule has 0 aromatic carbocycles. The van der Waals surface area contributed by atoms with Crippen LogP contribution in [0.15, 0.2) is 17.6 Å². The standard InChI is InChI=1S/C8H9FN2OS/c9-6-3-10-8(11-4-6)13-7-1-2-12-5-7/h3-4,7H,1-2,5H2. The van der Waals surface area contributed by atoms with Crippen LogP contribution in [-0.2, 0) is 4.74 Å². The highest BCUT2D eigenvalue weighted by atomic mass is 32.2. The maximum atomic E-state index is 12.4. The van der Waals surface area contributed by atoms with Gasteiger partial charge in [-0.05, 0) is 6.42 Å². The number of nitrogens with zero attached hydrogens (tertiary/aromatic N) is 2. The summed E-state index contributed by atoms with van der Waals surface area (Å²) >= 11 is 1.55. The lowest BCUT2D eigenvalue weighted by Gasteiger charge is -2.03. The molecule has 0 bridgehead atoms. The van der Waals surface area contributed by atoms with E-state index in [0.29, 0.717) is 10.4 Å². The summed E-state index contributed by atoms with van der Waals surface area (Å²) in [5, 5.41) is 1.04. The van der Waals surface area contributed by atoms with E-state index in [1.165, 1.54) is 12.4 Å². The van der Waals surface area contributed by atoms with E-state index in [-0.39, 0.29) is 0 Å². The summed E-state index contributed by atoms with van der Waals surface area (Å²) in [5.41, 5.74) is 0. The average molecular weight is 200 g/mol. The van der Waals surface area contributed by atoms with Crippen molar-refractivity contribution < 1.29 is 9.13 Å². The Balaban J connectivity index is 1.97. The molecule has 1 fully saturated rings. The van der Waals surface area contributed by atoms with Crippen LogP contribution in [0, 0.1) is 5.82 Å². The van der Waals surface area contributed by atoms with Gasteiger partial charge in [-0.1, -0.05) is 11.8 Å². The van der Waals surface area contributed by atoms with Gasteiger partial charge in [0.1, 0.15) is 0 Å². The van der Waals surface area contributed by atoms with Crippen molar-refractivity contribution in [2.75, 3.05) is 13.2 Å². The number of hydrogen-bond acceptors (Lipinski definition) is 4. The molecule has 3 nitrogen and oxygen atoms in total. The lowest BCUT2D eigenvalue weighted by molar-refractivity contribution is 0.199. The van der Waals surface area contributed by atoms with Crippen molar-refractivity contribution in [2.45, 2.75) is 16.8 Å². The molecule has 1 saturated heterocycles. The van der Waals surface area contributed by atoms with Crippen molar-refractivity contribution in [3.8, 4) is 0 Å². The number of rotatable bonds is 2. The Kier molecular flexibility index (Phi) is 2.75. The van der Waals surface area contributed by atoms with E-state index in [1.54, 1.807) is 11.8 Å². The van der Waals surface area contributed by atoms with Crippen LogP contribution in [0.5, 0.6) is 0 Å². The molecule has 0 N–H and O–H groups in total. The van der Waals surface area contributed by atoms with Crippen molar-refractivity contribution in [3.05, 3.63) is 18.2 Å². The highest BCUT2D eigenvalue weighted by Gasteiger charge is 2.17. The van der Waals surface area contributed by atoms with Crippen molar-refractivity contribution in [2.24, 2.45) is 0 Å². The third-order valence-corrected chi connectivity index (χ3v) is 2.88. The van der Waals surface area contributed by atoms with Crippen molar-refractivity contribution in [1.29, 1.82) is 0 Å². The first-order valence-corrected chi connectivity index (χ1v) is 4.94. The SMILES string of the molecule is Fc1cnc(SC2CCOC2)nc1. The fraction of sp³-hybridized carbons (Fsp3) is 0.500. The molecule has 0 spiro atoms. The van der Waals surface area contributed by atoms with Crippen molar-refractivity contribution in [1.82, 2.24) is 9.97 Å². The Hall–Kier alpha value is -0.680. The van der Waals surface area contributed by atoms with Crippen molar-refractivity contribution >= 4 is 11.8 Å². The number of aromatic nitrogens is 2. The Labute approximate surface area is 79.7 Å². The molecular formula is C8H9FN2OS. The smallest absolute Gasteiger partial charge is 0.188 e. The average Bonchev–Trinajstić information content (AvgIpc) is 2.62. The molecule has 0 saturated carbocycles. The zero-order valence-corrected chi connectivity index (χ0v) is 7.76. The quantitative estimate of drug-likeness (QED) is 0.678. The van der Waals surface area contributed by atoms with Gasteiger partial charge in [-0.2, -0.15) is 0 Å². The lowest BCUT2D eigenvalue weighted by Crippen LogP contribution is -2.02. The first kappa shape index (κ1) is 8.90. The predicted molar refractivity (Wildman–Crippen MR) is 47.1 cm³/mol. The Morgan fingerprint density at radius 1 is 1.46 bits per heavy atom. The maximum absolute atomic E-state index is 12.4. The minimum absolute atomic E-state index is 0.396. The summed E-state index contributed by atoms with van der Waals surface area (Å²) in [6, 6.07) is 0. The molecule has 0 amide bonds. The molecule has 0 radical (unpaired) electrons. The van der Waals surface area contributed by atoms with Crippen LogP contribution in [0.3, 0.4) is 0 Å². The van der Waals surface area contributed by atoms with Gasteiger partial charge in [0.15, 0.2) is 11.0 Å². The molecule has 1 aliphatic heterocycles. The molecule has 5 heteroatoms. The molecule has 13 heavy (non-hydrogen) atoms. The van der Waals surface area contributed by atoms with E-state index in [2.05, 4.69) is 9.97 Å². The molecule has 2 heterocycles. The van der Waals surface area contributed by atoms with E-state index in [0.717, 1.165) is 19.6 Å². The summed E-state index contributed by atoms with van der Waals surface area (Å²) < 4.78 is 17.6. The van der Waals surface area contributed by atoms with E-state index in [9.17, 15) is 4.39 Å². The number of ether oxygens (including phenoxy) is 1. The Morgan fingerprint density at radius 3 is 2.85 bits per heavy atom. The minimum atomic E-state index is -0.396. The number of halogens is 1. The maximum Gasteiger partial charge on any atom is 0.188 e. The van der Waals surface area contributed by atoms with Crippen molar-refractivity contribution in [3.63, 3.8) is 0 Å². The first-order valence-electron chi connectivity index (χ1n) is 4.06. The molecule has 1 aromatic rings. The first-order chi connectivity index (χ1) is 6.34. The van der Waals surface area contributed by atoms with Gasteiger partial charge >= 0.3 is 0 Å².